The third-order valence-corrected chi connectivity index (χ3v) is 4.48. The lowest BCUT2D eigenvalue weighted by atomic mass is 10.2. The van der Waals surface area contributed by atoms with Crippen molar-refractivity contribution in [2.45, 2.75) is 20.0 Å². The highest BCUT2D eigenvalue weighted by atomic mass is 19.2. The van der Waals surface area contributed by atoms with Crippen LogP contribution in [-0.4, -0.2) is 45.2 Å². The van der Waals surface area contributed by atoms with E-state index in [4.69, 9.17) is 4.74 Å². The number of pyridine rings is 1. The summed E-state index contributed by atoms with van der Waals surface area (Å²) in [5.74, 6) is -7.21. The summed E-state index contributed by atoms with van der Waals surface area (Å²) in [7, 11) is 1.71. The van der Waals surface area contributed by atoms with Crippen molar-refractivity contribution < 1.29 is 32.3 Å². The molecule has 1 aromatic carbocycles. The third kappa shape index (κ3) is 4.68. The number of halogens is 3. The average Bonchev–Trinajstić information content (AvgIpc) is 3.05. The van der Waals surface area contributed by atoms with E-state index in [0.29, 0.717) is 22.8 Å². The second-order valence-electron chi connectivity index (χ2n) is 6.84. The van der Waals surface area contributed by atoms with E-state index in [1.165, 1.54) is 13.1 Å². The molecule has 168 valence electrons. The lowest BCUT2D eigenvalue weighted by molar-refractivity contribution is -0.130. The number of amides is 2. The number of anilines is 1. The van der Waals surface area contributed by atoms with Crippen molar-refractivity contribution in [1.29, 1.82) is 0 Å². The van der Waals surface area contributed by atoms with E-state index < -0.39 is 53.6 Å². The molecule has 2 aromatic heterocycles. The summed E-state index contributed by atoms with van der Waals surface area (Å²) in [5, 5.41) is 9.06. The molecular weight excluding hydrogens is 431 g/mol. The molecule has 9 nitrogen and oxygen atoms in total. The minimum Gasteiger partial charge on any atom is -0.449 e. The van der Waals surface area contributed by atoms with E-state index in [1.807, 2.05) is 5.32 Å². The minimum absolute atomic E-state index is 0.111. The highest BCUT2D eigenvalue weighted by Gasteiger charge is 2.21. The molecule has 0 saturated carbocycles. The number of nitrogens with zero attached hydrogens (tertiary/aromatic N) is 3. The van der Waals surface area contributed by atoms with Gasteiger partial charge in [-0.1, -0.05) is 0 Å². The molecule has 1 atom stereocenters. The van der Waals surface area contributed by atoms with Crippen molar-refractivity contribution in [3.05, 3.63) is 53.1 Å². The minimum atomic E-state index is -1.73. The standard InChI is InChI=1S/C20H18F3N5O4/c1-9-12-6-11(7-24-18(12)28(3)27-9)20(31)32-10(2)19(30)25-8-15(29)26-14-5-4-13(21)16(22)17(14)23/h4-7,10H,8H2,1-3H3,(H,25,30)(H,26,29). The number of benzene rings is 1. The molecule has 0 radical (unpaired) electrons. The fourth-order valence-electron chi connectivity index (χ4n) is 2.83. The summed E-state index contributed by atoms with van der Waals surface area (Å²) in [4.78, 5) is 40.5. The molecule has 2 amide bonds. The Hall–Kier alpha value is -3.96. The van der Waals surface area contributed by atoms with Gasteiger partial charge in [0, 0.05) is 18.6 Å². The Morgan fingerprint density at radius 2 is 1.91 bits per heavy atom. The fraction of sp³-hybridized carbons (Fsp3) is 0.250. The van der Waals surface area contributed by atoms with Gasteiger partial charge >= 0.3 is 5.97 Å². The largest absolute Gasteiger partial charge is 0.449 e. The number of hydrogen-bond acceptors (Lipinski definition) is 6. The van der Waals surface area contributed by atoms with Crippen LogP contribution in [0.3, 0.4) is 0 Å². The maximum atomic E-state index is 13.6. The molecule has 0 aliphatic heterocycles. The highest BCUT2D eigenvalue weighted by Crippen LogP contribution is 2.19. The number of aromatic nitrogens is 3. The van der Waals surface area contributed by atoms with E-state index in [0.717, 1.165) is 6.07 Å². The molecule has 12 heteroatoms. The van der Waals surface area contributed by atoms with E-state index in [2.05, 4.69) is 15.4 Å². The van der Waals surface area contributed by atoms with Crippen LogP contribution < -0.4 is 10.6 Å². The molecule has 0 saturated heterocycles. The smallest absolute Gasteiger partial charge is 0.340 e. The summed E-state index contributed by atoms with van der Waals surface area (Å²) in [6, 6.07) is 3.03. The topological polar surface area (TPSA) is 115 Å². The molecule has 1 unspecified atom stereocenters. The monoisotopic (exact) mass is 449 g/mol. The van der Waals surface area contributed by atoms with Gasteiger partial charge in [0.05, 0.1) is 23.5 Å². The number of ether oxygens (including phenoxy) is 1. The predicted octanol–water partition coefficient (Wildman–Crippen LogP) is 1.99. The molecule has 0 aliphatic carbocycles. The number of esters is 1. The van der Waals surface area contributed by atoms with Gasteiger partial charge in [0.2, 0.25) is 5.91 Å². The van der Waals surface area contributed by atoms with Gasteiger partial charge in [0.15, 0.2) is 29.2 Å². The number of carbonyl (C=O) groups is 3. The van der Waals surface area contributed by atoms with Crippen LogP contribution in [0.2, 0.25) is 0 Å². The Balaban J connectivity index is 1.55. The van der Waals surface area contributed by atoms with Gasteiger partial charge in [0.25, 0.3) is 5.91 Å². The van der Waals surface area contributed by atoms with Gasteiger partial charge in [0.1, 0.15) is 0 Å². The third-order valence-electron chi connectivity index (χ3n) is 4.48. The van der Waals surface area contributed by atoms with Crippen LogP contribution in [0, 0.1) is 24.4 Å². The molecule has 3 aromatic rings. The summed E-state index contributed by atoms with van der Waals surface area (Å²) >= 11 is 0. The van der Waals surface area contributed by atoms with E-state index in [1.54, 1.807) is 24.7 Å². The highest BCUT2D eigenvalue weighted by molar-refractivity contribution is 5.97. The lowest BCUT2D eigenvalue weighted by Crippen LogP contribution is -2.40. The SMILES string of the molecule is Cc1nn(C)c2ncc(C(=O)OC(C)C(=O)NCC(=O)Nc3ccc(F)c(F)c3F)cc12. The van der Waals surface area contributed by atoms with Gasteiger partial charge < -0.3 is 15.4 Å². The maximum Gasteiger partial charge on any atom is 0.340 e. The molecule has 32 heavy (non-hydrogen) atoms. The number of fused-ring (bicyclic) bond motifs is 1. The zero-order valence-corrected chi connectivity index (χ0v) is 17.2. The molecular formula is C20H18F3N5O4. The van der Waals surface area contributed by atoms with Gasteiger partial charge in [-0.25, -0.2) is 22.9 Å². The summed E-state index contributed by atoms with van der Waals surface area (Å²) in [6.45, 7) is 2.43. The van der Waals surface area contributed by atoms with Crippen LogP contribution >= 0.6 is 0 Å². The Morgan fingerprint density at radius 3 is 2.62 bits per heavy atom. The average molecular weight is 449 g/mol. The molecule has 0 fully saturated rings. The van der Waals surface area contributed by atoms with Crippen molar-refractivity contribution in [2.24, 2.45) is 7.05 Å². The number of aryl methyl sites for hydroxylation is 2. The number of rotatable bonds is 6. The number of carbonyl (C=O) groups excluding carboxylic acids is 3. The quantitative estimate of drug-likeness (QED) is 0.439. The summed E-state index contributed by atoms with van der Waals surface area (Å²) in [6.07, 6.45) is 0.0289. The van der Waals surface area contributed by atoms with Crippen molar-refractivity contribution in [3.63, 3.8) is 0 Å². The number of hydrogen-bond donors (Lipinski definition) is 2. The van der Waals surface area contributed by atoms with Gasteiger partial charge in [-0.15, -0.1) is 0 Å². The first-order chi connectivity index (χ1) is 15.1. The van der Waals surface area contributed by atoms with Gasteiger partial charge in [-0.2, -0.15) is 5.10 Å². The Kier molecular flexibility index (Phi) is 6.42. The van der Waals surface area contributed by atoms with E-state index in [-0.39, 0.29) is 5.56 Å². The van der Waals surface area contributed by atoms with E-state index in [9.17, 15) is 27.6 Å². The first-order valence-electron chi connectivity index (χ1n) is 9.30. The molecule has 2 heterocycles. The van der Waals surface area contributed by atoms with Crippen LogP contribution in [0.25, 0.3) is 11.0 Å². The first kappa shape index (κ1) is 22.7. The van der Waals surface area contributed by atoms with Crippen LogP contribution in [0.4, 0.5) is 18.9 Å². The summed E-state index contributed by atoms with van der Waals surface area (Å²) < 4.78 is 46.4. The normalized spacial score (nSPS) is 11.8. The zero-order chi connectivity index (χ0) is 23.6. The van der Waals surface area contributed by atoms with Crippen LogP contribution in [0.5, 0.6) is 0 Å². The lowest BCUT2D eigenvalue weighted by Gasteiger charge is -2.14. The molecule has 2 N–H and O–H groups in total. The molecule has 0 aliphatic rings. The zero-order valence-electron chi connectivity index (χ0n) is 17.2. The van der Waals surface area contributed by atoms with Gasteiger partial charge in [-0.05, 0) is 32.0 Å². The Morgan fingerprint density at radius 1 is 1.19 bits per heavy atom. The predicted molar refractivity (Wildman–Crippen MR) is 106 cm³/mol. The fourth-order valence-corrected chi connectivity index (χ4v) is 2.83. The molecule has 0 spiro atoms. The van der Waals surface area contributed by atoms with Crippen molar-refractivity contribution in [2.75, 3.05) is 11.9 Å². The van der Waals surface area contributed by atoms with E-state index >= 15 is 0 Å². The maximum absolute atomic E-state index is 13.6. The number of nitrogens with one attached hydrogen (secondary N) is 2. The molecule has 0 bridgehead atoms. The van der Waals surface area contributed by atoms with Crippen molar-refractivity contribution >= 4 is 34.5 Å². The molecule has 3 rings (SSSR count). The van der Waals surface area contributed by atoms with Gasteiger partial charge in [-0.3, -0.25) is 14.3 Å². The first-order valence-corrected chi connectivity index (χ1v) is 9.30. The second-order valence-corrected chi connectivity index (χ2v) is 6.84. The van der Waals surface area contributed by atoms with Crippen molar-refractivity contribution in [3.8, 4) is 0 Å². The Labute approximate surface area is 179 Å². The second kappa shape index (κ2) is 9.04. The summed E-state index contributed by atoms with van der Waals surface area (Å²) in [5.41, 5.74) is 0.767. The van der Waals surface area contributed by atoms with Crippen LogP contribution in [-0.2, 0) is 21.4 Å². The van der Waals surface area contributed by atoms with Crippen LogP contribution in [0.1, 0.15) is 23.0 Å². The Bertz CT molecular complexity index is 1230. The van der Waals surface area contributed by atoms with Crippen molar-refractivity contribution in [1.82, 2.24) is 20.1 Å². The van der Waals surface area contributed by atoms with Crippen LogP contribution in [0.15, 0.2) is 24.4 Å².